The highest BCUT2D eigenvalue weighted by Crippen LogP contribution is 2.24. The van der Waals surface area contributed by atoms with Crippen LogP contribution in [0.25, 0.3) is 0 Å². The van der Waals surface area contributed by atoms with Gasteiger partial charge >= 0.3 is 0 Å². The van der Waals surface area contributed by atoms with Crippen molar-refractivity contribution in [2.75, 3.05) is 19.7 Å². The molecular weight excluding hydrogens is 328 g/mol. The number of carbonyl (C=O) groups excluding carboxylic acids is 2. The standard InChI is InChI=1S/C21H26N2O3/c1-21(2,3)17-9-11-18(12-10-17)26-14-13-22-19(24)15-23-20(25)16-7-5-4-6-8-16/h4-12H,13-15H2,1-3H3,(H,22,24)(H,23,25). The van der Waals surface area contributed by atoms with E-state index in [1.807, 2.05) is 30.3 Å². The highest BCUT2D eigenvalue weighted by Gasteiger charge is 2.13. The SMILES string of the molecule is CC(C)(C)c1ccc(OCCNC(=O)CNC(=O)c2ccccc2)cc1. The Morgan fingerprint density at radius 3 is 2.19 bits per heavy atom. The van der Waals surface area contributed by atoms with Crippen molar-refractivity contribution in [2.45, 2.75) is 26.2 Å². The summed E-state index contributed by atoms with van der Waals surface area (Å²) in [6.07, 6.45) is 0. The average Bonchev–Trinajstić information content (AvgIpc) is 2.63. The van der Waals surface area contributed by atoms with Gasteiger partial charge in [0.15, 0.2) is 0 Å². The minimum Gasteiger partial charge on any atom is -0.492 e. The van der Waals surface area contributed by atoms with Gasteiger partial charge in [0.1, 0.15) is 12.4 Å². The van der Waals surface area contributed by atoms with Gasteiger partial charge in [0.2, 0.25) is 5.91 Å². The summed E-state index contributed by atoms with van der Waals surface area (Å²) in [6.45, 7) is 7.17. The molecule has 0 aliphatic heterocycles. The number of hydrogen-bond acceptors (Lipinski definition) is 3. The summed E-state index contributed by atoms with van der Waals surface area (Å²) in [5, 5.41) is 5.30. The van der Waals surface area contributed by atoms with E-state index in [1.165, 1.54) is 5.56 Å². The summed E-state index contributed by atoms with van der Waals surface area (Å²) >= 11 is 0. The molecule has 2 amide bonds. The van der Waals surface area contributed by atoms with Crippen LogP contribution in [0.4, 0.5) is 0 Å². The number of benzene rings is 2. The van der Waals surface area contributed by atoms with E-state index in [4.69, 9.17) is 4.74 Å². The summed E-state index contributed by atoms with van der Waals surface area (Å²) in [5.74, 6) is 0.251. The van der Waals surface area contributed by atoms with Crippen LogP contribution in [-0.2, 0) is 10.2 Å². The van der Waals surface area contributed by atoms with Crippen molar-refractivity contribution in [2.24, 2.45) is 0 Å². The minimum atomic E-state index is -0.268. The fourth-order valence-electron chi connectivity index (χ4n) is 2.33. The van der Waals surface area contributed by atoms with E-state index < -0.39 is 0 Å². The molecule has 0 bridgehead atoms. The third-order valence-electron chi connectivity index (χ3n) is 3.86. The molecule has 138 valence electrons. The van der Waals surface area contributed by atoms with E-state index in [0.29, 0.717) is 18.7 Å². The zero-order valence-electron chi connectivity index (χ0n) is 15.5. The number of nitrogens with one attached hydrogen (secondary N) is 2. The van der Waals surface area contributed by atoms with Crippen LogP contribution in [0.15, 0.2) is 54.6 Å². The van der Waals surface area contributed by atoms with Gasteiger partial charge in [-0.3, -0.25) is 9.59 Å². The van der Waals surface area contributed by atoms with Crippen LogP contribution in [0.1, 0.15) is 36.7 Å². The van der Waals surface area contributed by atoms with Crippen LogP contribution in [0.5, 0.6) is 5.75 Å². The van der Waals surface area contributed by atoms with Crippen molar-refractivity contribution in [3.05, 3.63) is 65.7 Å². The fourth-order valence-corrected chi connectivity index (χ4v) is 2.33. The van der Waals surface area contributed by atoms with Gasteiger partial charge in [-0.25, -0.2) is 0 Å². The van der Waals surface area contributed by atoms with Crippen LogP contribution in [0.3, 0.4) is 0 Å². The van der Waals surface area contributed by atoms with Crippen molar-refractivity contribution in [1.29, 1.82) is 0 Å². The summed E-state index contributed by atoms with van der Waals surface area (Å²) in [6, 6.07) is 16.8. The second-order valence-corrected chi connectivity index (χ2v) is 7.02. The maximum absolute atomic E-state index is 11.8. The Kier molecular flexibility index (Phi) is 6.78. The molecule has 0 spiro atoms. The predicted octanol–water partition coefficient (Wildman–Crippen LogP) is 2.91. The highest BCUT2D eigenvalue weighted by molar-refractivity contribution is 5.96. The Morgan fingerprint density at radius 1 is 0.923 bits per heavy atom. The largest absolute Gasteiger partial charge is 0.492 e. The van der Waals surface area contributed by atoms with E-state index >= 15 is 0 Å². The molecular formula is C21H26N2O3. The maximum atomic E-state index is 11.8. The first kappa shape index (κ1) is 19.5. The molecule has 0 saturated carbocycles. The summed E-state index contributed by atoms with van der Waals surface area (Å²) in [5.41, 5.74) is 1.88. The van der Waals surface area contributed by atoms with E-state index in [0.717, 1.165) is 5.75 Å². The predicted molar refractivity (Wildman–Crippen MR) is 102 cm³/mol. The molecule has 0 saturated heterocycles. The third-order valence-corrected chi connectivity index (χ3v) is 3.86. The van der Waals surface area contributed by atoms with Crippen molar-refractivity contribution in [3.63, 3.8) is 0 Å². The number of ether oxygens (including phenoxy) is 1. The van der Waals surface area contributed by atoms with Crippen molar-refractivity contribution < 1.29 is 14.3 Å². The molecule has 0 unspecified atom stereocenters. The Hall–Kier alpha value is -2.82. The average molecular weight is 354 g/mol. The molecule has 2 aromatic rings. The number of amides is 2. The molecule has 2 N–H and O–H groups in total. The van der Waals surface area contributed by atoms with Crippen molar-refractivity contribution in [1.82, 2.24) is 10.6 Å². The summed E-state index contributed by atoms with van der Waals surface area (Å²) in [4.78, 5) is 23.6. The molecule has 0 aromatic heterocycles. The van der Waals surface area contributed by atoms with E-state index in [1.54, 1.807) is 24.3 Å². The van der Waals surface area contributed by atoms with Crippen LogP contribution in [-0.4, -0.2) is 31.5 Å². The first-order valence-corrected chi connectivity index (χ1v) is 8.69. The van der Waals surface area contributed by atoms with Gasteiger partial charge in [-0.2, -0.15) is 0 Å². The van der Waals surface area contributed by atoms with Crippen molar-refractivity contribution >= 4 is 11.8 Å². The second-order valence-electron chi connectivity index (χ2n) is 7.02. The van der Waals surface area contributed by atoms with E-state index in [-0.39, 0.29) is 23.8 Å². The zero-order chi connectivity index (χ0) is 19.0. The van der Waals surface area contributed by atoms with Crippen LogP contribution in [0, 0.1) is 0 Å². The monoisotopic (exact) mass is 354 g/mol. The lowest BCUT2D eigenvalue weighted by molar-refractivity contribution is -0.120. The fraction of sp³-hybridized carbons (Fsp3) is 0.333. The van der Waals surface area contributed by atoms with Gasteiger partial charge in [-0.1, -0.05) is 51.1 Å². The lowest BCUT2D eigenvalue weighted by atomic mass is 9.87. The Bertz CT molecular complexity index is 719. The molecule has 2 rings (SSSR count). The molecule has 0 atom stereocenters. The molecule has 0 radical (unpaired) electrons. The first-order chi connectivity index (χ1) is 12.4. The second kappa shape index (κ2) is 9.04. The zero-order valence-corrected chi connectivity index (χ0v) is 15.5. The molecule has 0 heterocycles. The lowest BCUT2D eigenvalue weighted by Crippen LogP contribution is -2.38. The van der Waals surface area contributed by atoms with Gasteiger partial charge < -0.3 is 15.4 Å². The van der Waals surface area contributed by atoms with Gasteiger partial charge in [0.25, 0.3) is 5.91 Å². The topological polar surface area (TPSA) is 67.4 Å². The van der Waals surface area contributed by atoms with Crippen LogP contribution >= 0.6 is 0 Å². The quantitative estimate of drug-likeness (QED) is 0.751. The van der Waals surface area contributed by atoms with Gasteiger partial charge in [0.05, 0.1) is 13.1 Å². The van der Waals surface area contributed by atoms with E-state index in [2.05, 4.69) is 31.4 Å². The number of hydrogen-bond donors (Lipinski definition) is 2. The van der Waals surface area contributed by atoms with E-state index in [9.17, 15) is 9.59 Å². The Labute approximate surface area is 154 Å². The molecule has 0 aliphatic carbocycles. The van der Waals surface area contributed by atoms with Crippen LogP contribution < -0.4 is 15.4 Å². The van der Waals surface area contributed by atoms with Crippen molar-refractivity contribution in [3.8, 4) is 5.75 Å². The summed E-state index contributed by atoms with van der Waals surface area (Å²) in [7, 11) is 0. The first-order valence-electron chi connectivity index (χ1n) is 8.69. The maximum Gasteiger partial charge on any atom is 0.251 e. The van der Waals surface area contributed by atoms with Gasteiger partial charge in [0, 0.05) is 5.56 Å². The highest BCUT2D eigenvalue weighted by atomic mass is 16.5. The lowest BCUT2D eigenvalue weighted by Gasteiger charge is -2.19. The Balaban J connectivity index is 1.65. The minimum absolute atomic E-state index is 0.0615. The van der Waals surface area contributed by atoms with Crippen LogP contribution in [0.2, 0.25) is 0 Å². The number of carbonyl (C=O) groups is 2. The molecule has 5 heteroatoms. The summed E-state index contributed by atoms with van der Waals surface area (Å²) < 4.78 is 5.62. The molecule has 0 fully saturated rings. The smallest absolute Gasteiger partial charge is 0.251 e. The third kappa shape index (κ3) is 6.24. The Morgan fingerprint density at radius 2 is 1.58 bits per heavy atom. The number of rotatable bonds is 7. The normalized spacial score (nSPS) is 10.9. The van der Waals surface area contributed by atoms with Gasteiger partial charge in [-0.15, -0.1) is 0 Å². The molecule has 0 aliphatic rings. The molecule has 26 heavy (non-hydrogen) atoms. The molecule has 2 aromatic carbocycles. The molecule has 5 nitrogen and oxygen atoms in total. The van der Waals surface area contributed by atoms with Gasteiger partial charge in [-0.05, 0) is 35.2 Å².